The summed E-state index contributed by atoms with van der Waals surface area (Å²) >= 11 is 0. The maximum Gasteiger partial charge on any atom is 0.309 e. The van der Waals surface area contributed by atoms with Crippen molar-refractivity contribution >= 4 is 11.9 Å². The maximum absolute atomic E-state index is 12.4. The predicted molar refractivity (Wildman–Crippen MR) is 76.4 cm³/mol. The van der Waals surface area contributed by atoms with Crippen LogP contribution in [0.4, 0.5) is 0 Å². The Morgan fingerprint density at radius 2 is 2.00 bits per heavy atom. The summed E-state index contributed by atoms with van der Waals surface area (Å²) in [6.07, 6.45) is 5.93. The van der Waals surface area contributed by atoms with Gasteiger partial charge in [-0.3, -0.25) is 9.59 Å². The zero-order valence-corrected chi connectivity index (χ0v) is 12.4. The van der Waals surface area contributed by atoms with Crippen LogP contribution in [0.15, 0.2) is 0 Å². The highest BCUT2D eigenvalue weighted by Gasteiger charge is 2.42. The van der Waals surface area contributed by atoms with Gasteiger partial charge in [-0.05, 0) is 38.6 Å². The Labute approximate surface area is 120 Å². The molecule has 0 aliphatic carbocycles. The van der Waals surface area contributed by atoms with Crippen molar-refractivity contribution in [3.63, 3.8) is 0 Å². The minimum atomic E-state index is -0.692. The molecule has 2 aliphatic heterocycles. The molecule has 2 saturated heterocycles. The molecule has 2 N–H and O–H groups in total. The molecular weight excluding hydrogens is 256 g/mol. The lowest BCUT2D eigenvalue weighted by atomic mass is 9.75. The summed E-state index contributed by atoms with van der Waals surface area (Å²) in [5.41, 5.74) is -0.606. The van der Waals surface area contributed by atoms with Crippen molar-refractivity contribution in [3.8, 4) is 0 Å². The first kappa shape index (κ1) is 15.3. The van der Waals surface area contributed by atoms with Crippen LogP contribution in [0.25, 0.3) is 0 Å². The smallest absolute Gasteiger partial charge is 0.309 e. The second-order valence-corrected chi connectivity index (χ2v) is 6.16. The van der Waals surface area contributed by atoms with Crippen molar-refractivity contribution in [2.24, 2.45) is 5.41 Å². The molecule has 0 aromatic carbocycles. The number of amides is 1. The van der Waals surface area contributed by atoms with E-state index in [0.717, 1.165) is 32.2 Å². The molecule has 0 bridgehead atoms. The molecular formula is C15H26N2O3. The normalized spacial score (nSPS) is 26.2. The highest BCUT2D eigenvalue weighted by atomic mass is 16.4. The molecule has 1 amide bonds. The fraction of sp³-hybridized carbons (Fsp3) is 0.867. The molecule has 0 unspecified atom stereocenters. The number of piperidine rings is 2. The quantitative estimate of drug-likeness (QED) is 0.822. The first-order valence-corrected chi connectivity index (χ1v) is 7.84. The molecule has 5 heteroatoms. The second-order valence-electron chi connectivity index (χ2n) is 6.16. The van der Waals surface area contributed by atoms with Gasteiger partial charge in [0.2, 0.25) is 5.91 Å². The lowest BCUT2D eigenvalue weighted by molar-refractivity contribution is -0.155. The van der Waals surface area contributed by atoms with E-state index in [2.05, 4.69) is 5.32 Å². The summed E-state index contributed by atoms with van der Waals surface area (Å²) in [5.74, 6) is -0.526. The molecule has 0 spiro atoms. The number of hydrogen-bond acceptors (Lipinski definition) is 3. The Hall–Kier alpha value is -1.10. The van der Waals surface area contributed by atoms with Gasteiger partial charge in [-0.1, -0.05) is 19.8 Å². The topological polar surface area (TPSA) is 69.6 Å². The van der Waals surface area contributed by atoms with Gasteiger partial charge in [0, 0.05) is 13.1 Å². The van der Waals surface area contributed by atoms with E-state index in [-0.39, 0.29) is 11.9 Å². The van der Waals surface area contributed by atoms with E-state index in [9.17, 15) is 14.7 Å². The summed E-state index contributed by atoms with van der Waals surface area (Å²) in [4.78, 5) is 25.8. The Morgan fingerprint density at radius 1 is 1.30 bits per heavy atom. The molecule has 2 fully saturated rings. The predicted octanol–water partition coefficient (Wildman–Crippen LogP) is 1.62. The van der Waals surface area contributed by atoms with Crippen molar-refractivity contribution in [2.75, 3.05) is 19.6 Å². The first-order valence-electron chi connectivity index (χ1n) is 7.84. The van der Waals surface area contributed by atoms with Crippen LogP contribution in [-0.4, -0.2) is 47.6 Å². The molecule has 5 nitrogen and oxygen atoms in total. The van der Waals surface area contributed by atoms with E-state index in [0.29, 0.717) is 32.4 Å². The van der Waals surface area contributed by atoms with Crippen molar-refractivity contribution in [1.82, 2.24) is 10.2 Å². The minimum Gasteiger partial charge on any atom is -0.481 e. The number of hydrogen-bond donors (Lipinski definition) is 2. The zero-order chi connectivity index (χ0) is 14.6. The lowest BCUT2D eigenvalue weighted by Gasteiger charge is -2.40. The van der Waals surface area contributed by atoms with E-state index in [1.165, 1.54) is 0 Å². The van der Waals surface area contributed by atoms with E-state index in [1.807, 2.05) is 11.8 Å². The molecule has 20 heavy (non-hydrogen) atoms. The molecule has 1 atom stereocenters. The third-order valence-corrected chi connectivity index (χ3v) is 4.82. The Bertz CT molecular complexity index is 356. The van der Waals surface area contributed by atoms with Gasteiger partial charge in [0.15, 0.2) is 0 Å². The molecule has 0 saturated carbocycles. The fourth-order valence-corrected chi connectivity index (χ4v) is 3.49. The highest BCUT2D eigenvalue weighted by Crippen LogP contribution is 2.36. The molecule has 2 heterocycles. The van der Waals surface area contributed by atoms with Crippen molar-refractivity contribution in [2.45, 2.75) is 57.9 Å². The molecule has 2 rings (SSSR count). The van der Waals surface area contributed by atoms with Crippen LogP contribution < -0.4 is 5.32 Å². The summed E-state index contributed by atoms with van der Waals surface area (Å²) in [5, 5.41) is 12.8. The van der Waals surface area contributed by atoms with E-state index in [4.69, 9.17) is 0 Å². The van der Waals surface area contributed by atoms with Crippen LogP contribution in [0.2, 0.25) is 0 Å². The molecule has 0 radical (unpaired) electrons. The van der Waals surface area contributed by atoms with Crippen LogP contribution >= 0.6 is 0 Å². The number of carboxylic acids is 1. The Kier molecular flexibility index (Phi) is 5.02. The Balaban J connectivity index is 1.92. The van der Waals surface area contributed by atoms with Crippen LogP contribution in [0, 0.1) is 5.41 Å². The van der Waals surface area contributed by atoms with E-state index in [1.54, 1.807) is 0 Å². The highest BCUT2D eigenvalue weighted by molar-refractivity contribution is 5.82. The average molecular weight is 282 g/mol. The minimum absolute atomic E-state index is 0.0488. The number of carbonyl (C=O) groups is 2. The van der Waals surface area contributed by atoms with Crippen molar-refractivity contribution in [3.05, 3.63) is 0 Å². The summed E-state index contributed by atoms with van der Waals surface area (Å²) in [7, 11) is 0. The van der Waals surface area contributed by atoms with Gasteiger partial charge in [0.05, 0.1) is 11.5 Å². The standard InChI is InChI=1S/C15H26N2O3/c1-2-6-15(14(19)20)7-10-17(11-8-15)13(18)12-5-3-4-9-16-12/h12,16H,2-11H2,1H3,(H,19,20)/t12-/m1/s1. The fourth-order valence-electron chi connectivity index (χ4n) is 3.49. The SMILES string of the molecule is CCCC1(C(=O)O)CCN(C(=O)[C@H]2CCCCN2)CC1. The number of carboxylic acid groups (broad SMARTS) is 1. The van der Waals surface area contributed by atoms with Crippen LogP contribution in [0.3, 0.4) is 0 Å². The van der Waals surface area contributed by atoms with E-state index >= 15 is 0 Å². The van der Waals surface area contributed by atoms with E-state index < -0.39 is 11.4 Å². The first-order chi connectivity index (χ1) is 9.59. The number of rotatable bonds is 4. The Morgan fingerprint density at radius 3 is 2.50 bits per heavy atom. The van der Waals surface area contributed by atoms with Crippen LogP contribution in [0.5, 0.6) is 0 Å². The van der Waals surface area contributed by atoms with Gasteiger partial charge in [-0.2, -0.15) is 0 Å². The van der Waals surface area contributed by atoms with Crippen LogP contribution in [-0.2, 0) is 9.59 Å². The number of carbonyl (C=O) groups excluding carboxylic acids is 1. The number of nitrogens with one attached hydrogen (secondary N) is 1. The molecule has 2 aliphatic rings. The zero-order valence-electron chi connectivity index (χ0n) is 12.4. The third kappa shape index (κ3) is 3.14. The van der Waals surface area contributed by atoms with Gasteiger partial charge >= 0.3 is 5.97 Å². The largest absolute Gasteiger partial charge is 0.481 e. The lowest BCUT2D eigenvalue weighted by Crippen LogP contribution is -2.53. The maximum atomic E-state index is 12.4. The monoisotopic (exact) mass is 282 g/mol. The summed E-state index contributed by atoms with van der Waals surface area (Å²) < 4.78 is 0. The van der Waals surface area contributed by atoms with Gasteiger partial charge < -0.3 is 15.3 Å². The number of nitrogens with zero attached hydrogens (tertiary/aromatic N) is 1. The van der Waals surface area contributed by atoms with Gasteiger partial charge in [-0.15, -0.1) is 0 Å². The van der Waals surface area contributed by atoms with Crippen molar-refractivity contribution in [1.29, 1.82) is 0 Å². The number of aliphatic carboxylic acids is 1. The second kappa shape index (κ2) is 6.57. The van der Waals surface area contributed by atoms with Gasteiger partial charge in [-0.25, -0.2) is 0 Å². The summed E-state index contributed by atoms with van der Waals surface area (Å²) in [6.45, 7) is 4.11. The van der Waals surface area contributed by atoms with Gasteiger partial charge in [0.25, 0.3) is 0 Å². The molecule has 0 aromatic heterocycles. The molecule has 114 valence electrons. The average Bonchev–Trinajstić information content (AvgIpc) is 2.48. The number of likely N-dealkylation sites (tertiary alicyclic amines) is 1. The third-order valence-electron chi connectivity index (χ3n) is 4.82. The molecule has 0 aromatic rings. The van der Waals surface area contributed by atoms with Crippen molar-refractivity contribution < 1.29 is 14.7 Å². The van der Waals surface area contributed by atoms with Gasteiger partial charge in [0.1, 0.15) is 0 Å². The van der Waals surface area contributed by atoms with Crippen LogP contribution in [0.1, 0.15) is 51.9 Å². The summed E-state index contributed by atoms with van der Waals surface area (Å²) in [6, 6.07) is -0.0488.